The molecule has 0 aromatic carbocycles. The van der Waals surface area contributed by atoms with Crippen molar-refractivity contribution >= 4 is 109 Å². The first-order chi connectivity index (χ1) is 36.3. The Morgan fingerprint density at radius 1 is 0.605 bits per heavy atom. The van der Waals surface area contributed by atoms with E-state index in [0.29, 0.717) is 53.4 Å². The molecule has 0 saturated carbocycles. The van der Waals surface area contributed by atoms with Gasteiger partial charge in [-0.25, -0.2) is 34.9 Å². The molecule has 7 aromatic heterocycles. The van der Waals surface area contributed by atoms with Crippen LogP contribution < -0.4 is 31.9 Å². The molecule has 0 unspecified atom stereocenters. The number of carbonyl (C=O) groups is 6. The van der Waals surface area contributed by atoms with E-state index in [1.807, 2.05) is 13.8 Å². The minimum atomic E-state index is -1.45. The number of rotatable bonds is 10. The highest BCUT2D eigenvalue weighted by Gasteiger charge is 2.32. The second kappa shape index (κ2) is 24.0. The number of fused-ring (bicyclic) bond motifs is 11. The highest BCUT2D eigenvalue weighted by Crippen LogP contribution is 2.38. The van der Waals surface area contributed by atoms with Crippen molar-refractivity contribution < 1.29 is 44.1 Å². The first-order valence-corrected chi connectivity index (χ1v) is 28.6. The zero-order chi connectivity index (χ0) is 54.5. The molecular weight excluding hydrogens is 1100 g/mol. The van der Waals surface area contributed by atoms with Crippen molar-refractivity contribution in [3.8, 4) is 43.4 Å². The third-order valence-corrected chi connectivity index (χ3v) is 16.6. The molecule has 1 aliphatic heterocycles. The fourth-order valence-corrected chi connectivity index (χ4v) is 12.4. The van der Waals surface area contributed by atoms with Crippen LogP contribution in [0.3, 0.4) is 0 Å². The SMILES string of the molecule is C/C=C(\NC(=O)c1csc(-c2csc(-c3ccc4c(n3)-c3csc(n3)[C@H]([C@H](C)O)NC(=O)c3csc(n3)[C@@H](C(C)C)NC(=O)c3csc(n3)/C(=C/C)NC(=O)[C@H]([C@@H](C)O)NC(=O)c3csc-4n3)n2)n1)C(=O)NC[C@@H](C)O. The van der Waals surface area contributed by atoms with Gasteiger partial charge in [0.25, 0.3) is 29.5 Å². The molecule has 8 bridgehead atoms. The molecule has 396 valence electrons. The number of carbonyl (C=O) groups excluding carboxylic acids is 6. The molecule has 8 heterocycles. The lowest BCUT2D eigenvalue weighted by atomic mass is 10.1. The van der Waals surface area contributed by atoms with Gasteiger partial charge < -0.3 is 47.2 Å². The van der Waals surface area contributed by atoms with Crippen LogP contribution in [0.15, 0.2) is 62.3 Å². The number of nitrogens with zero attached hydrogens (tertiary/aromatic N) is 7. The van der Waals surface area contributed by atoms with Gasteiger partial charge in [0.1, 0.15) is 87.7 Å². The van der Waals surface area contributed by atoms with Gasteiger partial charge >= 0.3 is 0 Å². The van der Waals surface area contributed by atoms with Crippen LogP contribution >= 0.6 is 68.0 Å². The van der Waals surface area contributed by atoms with Crippen molar-refractivity contribution in [2.24, 2.45) is 5.92 Å². The lowest BCUT2D eigenvalue weighted by Crippen LogP contribution is -2.52. The summed E-state index contributed by atoms with van der Waals surface area (Å²) in [7, 11) is 0. The Labute approximate surface area is 458 Å². The molecule has 0 spiro atoms. The monoisotopic (exact) mass is 1140 g/mol. The number of thiazole rings is 6. The summed E-state index contributed by atoms with van der Waals surface area (Å²) in [6.45, 7) is 11.4. The van der Waals surface area contributed by atoms with Crippen LogP contribution in [-0.4, -0.2) is 117 Å². The third kappa shape index (κ3) is 12.5. The highest BCUT2D eigenvalue weighted by atomic mass is 32.1. The van der Waals surface area contributed by atoms with Crippen LogP contribution in [0, 0.1) is 5.92 Å². The average Bonchev–Trinajstić information content (AvgIpc) is 4.26. The molecule has 0 aliphatic carbocycles. The van der Waals surface area contributed by atoms with E-state index in [-0.39, 0.29) is 51.6 Å². The minimum absolute atomic E-state index is 0.00119. The van der Waals surface area contributed by atoms with Crippen molar-refractivity contribution in [2.45, 2.75) is 84.9 Å². The van der Waals surface area contributed by atoms with Gasteiger partial charge in [0, 0.05) is 44.4 Å². The van der Waals surface area contributed by atoms with Gasteiger partial charge in [-0.15, -0.1) is 68.0 Å². The predicted octanol–water partition coefficient (Wildman–Crippen LogP) is 5.57. The number of aliphatic hydroxyl groups is 3. The van der Waals surface area contributed by atoms with E-state index in [0.717, 1.165) is 34.0 Å². The molecule has 76 heavy (non-hydrogen) atoms. The Morgan fingerprint density at radius 3 is 1.78 bits per heavy atom. The average molecular weight is 1140 g/mol. The van der Waals surface area contributed by atoms with Crippen molar-refractivity contribution in [2.75, 3.05) is 6.54 Å². The lowest BCUT2D eigenvalue weighted by molar-refractivity contribution is -0.124. The van der Waals surface area contributed by atoms with E-state index in [4.69, 9.17) is 15.0 Å². The van der Waals surface area contributed by atoms with Crippen molar-refractivity contribution in [1.29, 1.82) is 0 Å². The Morgan fingerprint density at radius 2 is 1.13 bits per heavy atom. The molecule has 1 aliphatic rings. The largest absolute Gasteiger partial charge is 0.392 e. The number of hydrogen-bond donors (Lipinski definition) is 9. The lowest BCUT2D eigenvalue weighted by Gasteiger charge is -2.21. The second-order valence-electron chi connectivity index (χ2n) is 17.4. The summed E-state index contributed by atoms with van der Waals surface area (Å²) in [6.07, 6.45) is -0.261. The van der Waals surface area contributed by atoms with Gasteiger partial charge in [-0.3, -0.25) is 28.8 Å². The summed E-state index contributed by atoms with van der Waals surface area (Å²) in [4.78, 5) is 114. The van der Waals surface area contributed by atoms with Crippen LogP contribution in [-0.2, 0) is 9.59 Å². The predicted molar refractivity (Wildman–Crippen MR) is 290 cm³/mol. The Kier molecular flexibility index (Phi) is 17.5. The smallest absolute Gasteiger partial charge is 0.275 e. The maximum Gasteiger partial charge on any atom is 0.275 e. The summed E-state index contributed by atoms with van der Waals surface area (Å²) in [5, 5.41) is 59.6. The topological polar surface area (TPSA) is 326 Å². The van der Waals surface area contributed by atoms with Gasteiger partial charge in [-0.05, 0) is 52.7 Å². The molecule has 9 N–H and O–H groups in total. The Bertz CT molecular complexity index is 3380. The fraction of sp³-hybridized carbons (Fsp3) is 0.312. The van der Waals surface area contributed by atoms with Crippen LogP contribution in [0.5, 0.6) is 0 Å². The van der Waals surface area contributed by atoms with E-state index < -0.39 is 71.9 Å². The quantitative estimate of drug-likeness (QED) is 0.0756. The molecule has 0 saturated heterocycles. The zero-order valence-corrected chi connectivity index (χ0v) is 46.3. The fourth-order valence-electron chi connectivity index (χ4n) is 7.20. The zero-order valence-electron chi connectivity index (χ0n) is 41.4. The van der Waals surface area contributed by atoms with Crippen LogP contribution in [0.25, 0.3) is 49.1 Å². The number of amides is 6. The first kappa shape index (κ1) is 55.3. The highest BCUT2D eigenvalue weighted by molar-refractivity contribution is 7.15. The van der Waals surface area contributed by atoms with Gasteiger partial charge in [-0.1, -0.05) is 26.0 Å². The number of aliphatic hydroxyl groups excluding tert-OH is 3. The van der Waals surface area contributed by atoms with Crippen LogP contribution in [0.4, 0.5) is 0 Å². The van der Waals surface area contributed by atoms with Gasteiger partial charge in [0.15, 0.2) is 0 Å². The first-order valence-electron chi connectivity index (χ1n) is 23.3. The van der Waals surface area contributed by atoms with E-state index in [2.05, 4.69) is 51.8 Å². The van der Waals surface area contributed by atoms with Crippen LogP contribution in [0.2, 0.25) is 0 Å². The van der Waals surface area contributed by atoms with Crippen molar-refractivity contribution in [3.05, 3.63) is 100 Å². The van der Waals surface area contributed by atoms with Gasteiger partial charge in [0.2, 0.25) is 5.91 Å². The molecule has 28 heteroatoms. The van der Waals surface area contributed by atoms with E-state index in [9.17, 15) is 44.1 Å². The summed E-state index contributed by atoms with van der Waals surface area (Å²) < 4.78 is 0. The molecule has 7 aromatic rings. The molecule has 8 rings (SSSR count). The maximum atomic E-state index is 13.9. The third-order valence-electron chi connectivity index (χ3n) is 11.2. The standard InChI is InChI=1S/C48H49N13O9S6/c1-8-24(37(65)49-12-20(5)62)51-38(66)28-15-73-46(56-28)32-18-74-45(58-32)26-11-10-23-36(50-26)27-13-75-48(53-27)35(22(7)64)61-41(69)31-17-76-47(57-31)33(19(3)4)59-39(67)30-16-72-44(55-30)25(9-2)52-42(70)34(21(6)63)60-40(68)29-14-71-43(23)54-29/h8-11,13-22,33-35,62-64H,12H2,1-7H3,(H,49,65)(H,51,66)(H,52,70)(H,59,67)(H,60,68)(H,61,69)/b24-8-,25-9-/t20-,21-,22+,33-,34+,35+/m1/s1. The van der Waals surface area contributed by atoms with Crippen molar-refractivity contribution in [1.82, 2.24) is 66.8 Å². The number of nitrogens with one attached hydrogen (secondary N) is 6. The molecular formula is C48H49N13O9S6. The molecule has 6 atom stereocenters. The summed E-state index contributed by atoms with van der Waals surface area (Å²) in [6, 6.07) is 0.366. The van der Waals surface area contributed by atoms with E-state index >= 15 is 0 Å². The number of allylic oxidation sites excluding steroid dienone is 2. The van der Waals surface area contributed by atoms with E-state index in [1.165, 1.54) is 77.0 Å². The Hall–Kier alpha value is -6.89. The number of pyridine rings is 1. The van der Waals surface area contributed by atoms with Gasteiger partial charge in [0.05, 0.1) is 35.7 Å². The summed E-state index contributed by atoms with van der Waals surface area (Å²) in [5.41, 5.74) is 2.26. The second-order valence-corrected chi connectivity index (χ2v) is 22.6. The summed E-state index contributed by atoms with van der Waals surface area (Å²) in [5.74, 6) is -4.00. The van der Waals surface area contributed by atoms with Crippen molar-refractivity contribution in [3.63, 3.8) is 0 Å². The number of aromatic nitrogens is 7. The molecule has 22 nitrogen and oxygen atoms in total. The Balaban J connectivity index is 1.15. The minimum Gasteiger partial charge on any atom is -0.392 e. The number of hydrogen-bond acceptors (Lipinski definition) is 22. The maximum absolute atomic E-state index is 13.9. The van der Waals surface area contributed by atoms with Crippen LogP contribution in [0.1, 0.15) is 118 Å². The van der Waals surface area contributed by atoms with E-state index in [1.54, 1.807) is 48.2 Å². The van der Waals surface area contributed by atoms with Gasteiger partial charge in [-0.2, -0.15) is 0 Å². The molecule has 0 radical (unpaired) electrons. The normalized spacial score (nSPS) is 18.5. The summed E-state index contributed by atoms with van der Waals surface area (Å²) >= 11 is 6.97. The molecule has 0 fully saturated rings. The molecule has 6 amide bonds.